The molecule has 0 spiro atoms. The average molecular weight is 383 g/mol. The maximum atomic E-state index is 11.2. The minimum Gasteiger partial charge on any atom is -0.493 e. The molecule has 0 radical (unpaired) electrons. The third kappa shape index (κ3) is 5.32. The molecule has 4 heteroatoms. The van der Waals surface area contributed by atoms with Crippen LogP contribution in [-0.4, -0.2) is 42.6 Å². The summed E-state index contributed by atoms with van der Waals surface area (Å²) in [4.78, 5) is 18.2. The summed E-state index contributed by atoms with van der Waals surface area (Å²) < 4.78 is 5.64. The molecule has 0 amide bonds. The molecule has 0 bridgehead atoms. The third-order valence-corrected chi connectivity index (χ3v) is 6.01. The van der Waals surface area contributed by atoms with Gasteiger partial charge in [0.1, 0.15) is 12.0 Å². The van der Waals surface area contributed by atoms with Gasteiger partial charge in [0.25, 0.3) is 0 Å². The molecule has 0 N–H and O–H groups in total. The van der Waals surface area contributed by atoms with Crippen LogP contribution < -0.4 is 4.74 Å². The Morgan fingerprint density at radius 3 is 2.96 bits per heavy atom. The predicted octanol–water partition coefficient (Wildman–Crippen LogP) is 4.92. The van der Waals surface area contributed by atoms with Gasteiger partial charge in [-0.3, -0.25) is 9.89 Å². The number of fused-ring (bicyclic) bond motifs is 1. The van der Waals surface area contributed by atoms with Crippen molar-refractivity contribution in [1.29, 1.82) is 0 Å². The minimum absolute atomic E-state index is 0.450. The molecule has 2 atom stereocenters. The first-order valence-electron chi connectivity index (χ1n) is 10.7. The normalized spacial score (nSPS) is 23.0. The van der Waals surface area contributed by atoms with E-state index in [-0.39, 0.29) is 0 Å². The van der Waals surface area contributed by atoms with E-state index in [0.717, 1.165) is 63.7 Å². The number of carbonyl (C=O) groups is 1. The van der Waals surface area contributed by atoms with E-state index in [4.69, 9.17) is 4.74 Å². The van der Waals surface area contributed by atoms with Crippen molar-refractivity contribution >= 4 is 12.0 Å². The highest BCUT2D eigenvalue weighted by molar-refractivity contribution is 5.82. The Morgan fingerprint density at radius 2 is 2.18 bits per heavy atom. The van der Waals surface area contributed by atoms with Gasteiger partial charge in [0, 0.05) is 30.9 Å². The van der Waals surface area contributed by atoms with Gasteiger partial charge in [0.2, 0.25) is 0 Å². The van der Waals surface area contributed by atoms with Gasteiger partial charge in [-0.25, -0.2) is 0 Å². The predicted molar refractivity (Wildman–Crippen MR) is 115 cm³/mol. The minimum atomic E-state index is 0.450. The highest BCUT2D eigenvalue weighted by Crippen LogP contribution is 2.36. The Morgan fingerprint density at radius 1 is 1.32 bits per heavy atom. The summed E-state index contributed by atoms with van der Waals surface area (Å²) >= 11 is 0. The molecule has 0 aromatic heterocycles. The summed E-state index contributed by atoms with van der Waals surface area (Å²) in [5.41, 5.74) is 5.25. The summed E-state index contributed by atoms with van der Waals surface area (Å²) in [6.45, 7) is 8.76. The molecular weight excluding hydrogens is 348 g/mol. The number of aliphatic imine (C=N–C) groups is 1. The summed E-state index contributed by atoms with van der Waals surface area (Å²) in [7, 11) is 0. The third-order valence-electron chi connectivity index (χ3n) is 6.01. The van der Waals surface area contributed by atoms with E-state index in [9.17, 15) is 4.79 Å². The summed E-state index contributed by atoms with van der Waals surface area (Å²) in [6.07, 6.45) is 9.52. The number of nitrogens with zero attached hydrogens (tertiary/aromatic N) is 2. The van der Waals surface area contributed by atoms with E-state index < -0.39 is 0 Å². The SMILES string of the molecule is CCC/C(C)=C\N=C(C)CCC1CC(c2ccc3c(c2)CCO3)CN1CC=O. The van der Waals surface area contributed by atoms with Crippen molar-refractivity contribution in [2.45, 2.75) is 71.3 Å². The molecule has 152 valence electrons. The zero-order chi connectivity index (χ0) is 19.9. The van der Waals surface area contributed by atoms with E-state index in [1.54, 1.807) is 0 Å². The van der Waals surface area contributed by atoms with Crippen molar-refractivity contribution in [3.8, 4) is 5.75 Å². The second-order valence-corrected chi connectivity index (χ2v) is 8.30. The maximum absolute atomic E-state index is 11.2. The number of allylic oxidation sites excluding steroid dienone is 1. The lowest BCUT2D eigenvalue weighted by Gasteiger charge is -2.21. The Balaban J connectivity index is 1.61. The molecular formula is C24H34N2O2. The molecule has 1 aromatic rings. The summed E-state index contributed by atoms with van der Waals surface area (Å²) in [6, 6.07) is 7.11. The number of hydrogen-bond donors (Lipinski definition) is 0. The van der Waals surface area contributed by atoms with Crippen LogP contribution in [0.15, 0.2) is 35.0 Å². The molecule has 1 aromatic carbocycles. The van der Waals surface area contributed by atoms with Crippen LogP contribution in [0.5, 0.6) is 5.75 Å². The van der Waals surface area contributed by atoms with Gasteiger partial charge in [-0.15, -0.1) is 0 Å². The second-order valence-electron chi connectivity index (χ2n) is 8.30. The standard InChI is InChI=1S/C24H34N2O2/c1-4-5-18(2)16-25-19(3)6-8-23-15-22(17-26(23)11-12-27)20-7-9-24-21(14-20)10-13-28-24/h7,9,12,14,16,22-23H,4-6,8,10-11,13,15,17H2,1-3H3/b18-16-,25-19?. The quantitative estimate of drug-likeness (QED) is 0.449. The monoisotopic (exact) mass is 382 g/mol. The molecule has 1 fully saturated rings. The molecule has 28 heavy (non-hydrogen) atoms. The van der Waals surface area contributed by atoms with Crippen LogP contribution in [0, 0.1) is 0 Å². The summed E-state index contributed by atoms with van der Waals surface area (Å²) in [5, 5.41) is 0. The van der Waals surface area contributed by atoms with Gasteiger partial charge in [-0.05, 0) is 62.6 Å². The van der Waals surface area contributed by atoms with Crippen LogP contribution in [0.2, 0.25) is 0 Å². The fourth-order valence-electron chi connectivity index (χ4n) is 4.43. The highest BCUT2D eigenvalue weighted by Gasteiger charge is 2.32. The smallest absolute Gasteiger partial charge is 0.133 e. The molecule has 4 nitrogen and oxygen atoms in total. The lowest BCUT2D eigenvalue weighted by atomic mass is 9.93. The number of aldehydes is 1. The molecule has 2 heterocycles. The summed E-state index contributed by atoms with van der Waals surface area (Å²) in [5.74, 6) is 1.54. The first kappa shape index (κ1) is 20.8. The van der Waals surface area contributed by atoms with Gasteiger partial charge in [-0.1, -0.05) is 31.1 Å². The van der Waals surface area contributed by atoms with Crippen molar-refractivity contribution < 1.29 is 9.53 Å². The fraction of sp³-hybridized carbons (Fsp3) is 0.583. The van der Waals surface area contributed by atoms with Crippen molar-refractivity contribution in [2.24, 2.45) is 4.99 Å². The van der Waals surface area contributed by atoms with Gasteiger partial charge in [0.05, 0.1) is 13.2 Å². The Kier molecular flexibility index (Phi) is 7.43. The molecule has 0 aliphatic carbocycles. The van der Waals surface area contributed by atoms with E-state index in [1.165, 1.54) is 22.4 Å². The lowest BCUT2D eigenvalue weighted by molar-refractivity contribution is -0.109. The van der Waals surface area contributed by atoms with Crippen molar-refractivity contribution in [3.05, 3.63) is 41.1 Å². The number of ether oxygens (including phenoxy) is 1. The maximum Gasteiger partial charge on any atom is 0.133 e. The largest absolute Gasteiger partial charge is 0.493 e. The Hall–Kier alpha value is -1.94. The number of benzene rings is 1. The zero-order valence-electron chi connectivity index (χ0n) is 17.6. The number of hydrogen-bond acceptors (Lipinski definition) is 4. The Bertz CT molecular complexity index is 738. The topological polar surface area (TPSA) is 41.9 Å². The van der Waals surface area contributed by atoms with Crippen LogP contribution in [0.3, 0.4) is 0 Å². The molecule has 3 rings (SSSR count). The molecule has 1 saturated heterocycles. The van der Waals surface area contributed by atoms with Gasteiger partial charge >= 0.3 is 0 Å². The van der Waals surface area contributed by atoms with Gasteiger partial charge in [-0.2, -0.15) is 0 Å². The van der Waals surface area contributed by atoms with E-state index in [0.29, 0.717) is 18.5 Å². The Labute approximate surface area is 169 Å². The fourth-order valence-corrected chi connectivity index (χ4v) is 4.43. The average Bonchev–Trinajstić information content (AvgIpc) is 3.31. The number of carbonyl (C=O) groups excluding carboxylic acids is 1. The zero-order valence-corrected chi connectivity index (χ0v) is 17.6. The van der Waals surface area contributed by atoms with Crippen LogP contribution in [0.25, 0.3) is 0 Å². The second kappa shape index (κ2) is 10.0. The van der Waals surface area contributed by atoms with E-state index in [1.807, 2.05) is 6.20 Å². The number of rotatable bonds is 9. The van der Waals surface area contributed by atoms with E-state index in [2.05, 4.69) is 48.9 Å². The van der Waals surface area contributed by atoms with Crippen molar-refractivity contribution in [2.75, 3.05) is 19.7 Å². The molecule has 0 saturated carbocycles. The molecule has 2 unspecified atom stereocenters. The number of likely N-dealkylation sites (tertiary alicyclic amines) is 1. The first-order valence-corrected chi connectivity index (χ1v) is 10.7. The lowest BCUT2D eigenvalue weighted by Crippen LogP contribution is -2.31. The van der Waals surface area contributed by atoms with Crippen molar-refractivity contribution in [3.63, 3.8) is 0 Å². The highest BCUT2D eigenvalue weighted by atomic mass is 16.5. The van der Waals surface area contributed by atoms with Gasteiger partial charge in [0.15, 0.2) is 0 Å². The molecule has 2 aliphatic heterocycles. The van der Waals surface area contributed by atoms with Crippen LogP contribution in [0.1, 0.15) is 69.9 Å². The van der Waals surface area contributed by atoms with Crippen LogP contribution in [0.4, 0.5) is 0 Å². The van der Waals surface area contributed by atoms with Crippen molar-refractivity contribution in [1.82, 2.24) is 4.90 Å². The molecule has 2 aliphatic rings. The van der Waals surface area contributed by atoms with E-state index >= 15 is 0 Å². The van der Waals surface area contributed by atoms with Gasteiger partial charge < -0.3 is 9.53 Å². The van der Waals surface area contributed by atoms with Crippen LogP contribution in [-0.2, 0) is 11.2 Å². The van der Waals surface area contributed by atoms with Crippen LogP contribution >= 0.6 is 0 Å². The first-order chi connectivity index (χ1) is 13.6.